The average Bonchev–Trinajstić information content (AvgIpc) is 3.45. The summed E-state index contributed by atoms with van der Waals surface area (Å²) in [6.07, 6.45) is 1.83. The molecule has 1 aromatic carbocycles. The summed E-state index contributed by atoms with van der Waals surface area (Å²) in [5.41, 5.74) is 3.53. The Morgan fingerprint density at radius 3 is 2.47 bits per heavy atom. The summed E-state index contributed by atoms with van der Waals surface area (Å²) < 4.78 is 18.8. The lowest BCUT2D eigenvalue weighted by Crippen LogP contribution is -2.61. The minimum Gasteiger partial charge on any atom is -0.479 e. The van der Waals surface area contributed by atoms with Crippen molar-refractivity contribution in [1.82, 2.24) is 20.1 Å². The third-order valence-corrected chi connectivity index (χ3v) is 9.11. The maximum atomic E-state index is 13.9. The Bertz CT molecular complexity index is 1410. The largest absolute Gasteiger partial charge is 0.479 e. The molecular formula is C33H44FN5O6. The van der Waals surface area contributed by atoms with Crippen molar-refractivity contribution >= 4 is 23.5 Å². The molecule has 244 valence electrons. The number of carboxylic acid groups (broad SMARTS) is 1. The first-order chi connectivity index (χ1) is 21.2. The van der Waals surface area contributed by atoms with E-state index in [1.165, 1.54) is 19.1 Å². The fraction of sp³-hybridized carbons (Fsp3) is 0.576. The standard InChI is InChI=1S/C30H38FN5O3.C3H6O3/c1-20-13-34(24(12-32-20)14-35-17-30(10-26(35)37)18-39-19-30)15-27(38)36-16-29(2,3)28-25(36)9-22(11-33-28)8-21-4-6-23(31)7-5-21;1-2(4)3(5)6/h4-7,9,11,20,24,32H,8,10,12-19H2,1-3H3;2,4H,1H3,(H,5,6)/t20-,24-;2-/m10/s1. The van der Waals surface area contributed by atoms with E-state index >= 15 is 0 Å². The number of rotatable bonds is 7. The molecule has 4 aliphatic rings. The van der Waals surface area contributed by atoms with Gasteiger partial charge < -0.3 is 30.1 Å². The van der Waals surface area contributed by atoms with Gasteiger partial charge in [-0.2, -0.15) is 0 Å². The number of aliphatic carboxylic acids is 1. The number of aliphatic hydroxyl groups is 1. The van der Waals surface area contributed by atoms with Crippen LogP contribution in [-0.2, 0) is 31.0 Å². The van der Waals surface area contributed by atoms with E-state index in [-0.39, 0.29) is 40.5 Å². The highest BCUT2D eigenvalue weighted by atomic mass is 19.1. The van der Waals surface area contributed by atoms with Crippen LogP contribution < -0.4 is 10.2 Å². The molecule has 3 N–H and O–H groups in total. The van der Waals surface area contributed by atoms with Gasteiger partial charge in [0, 0.05) is 68.3 Å². The second kappa shape index (κ2) is 13.1. The zero-order valence-electron chi connectivity index (χ0n) is 26.5. The van der Waals surface area contributed by atoms with Crippen LogP contribution in [0.4, 0.5) is 10.1 Å². The highest BCUT2D eigenvalue weighted by molar-refractivity contribution is 5.97. The number of aromatic nitrogens is 1. The molecular weight excluding hydrogens is 581 g/mol. The molecule has 6 rings (SSSR count). The number of hydrogen-bond acceptors (Lipinski definition) is 8. The maximum Gasteiger partial charge on any atom is 0.332 e. The lowest BCUT2D eigenvalue weighted by Gasteiger charge is -2.42. The summed E-state index contributed by atoms with van der Waals surface area (Å²) in [7, 11) is 0. The van der Waals surface area contributed by atoms with Crippen LogP contribution in [0.15, 0.2) is 36.5 Å². The summed E-state index contributed by atoms with van der Waals surface area (Å²) >= 11 is 0. The van der Waals surface area contributed by atoms with E-state index in [9.17, 15) is 18.8 Å². The second-order valence-corrected chi connectivity index (χ2v) is 13.7. The molecule has 0 saturated carbocycles. The van der Waals surface area contributed by atoms with Crippen LogP contribution in [0.3, 0.4) is 0 Å². The van der Waals surface area contributed by atoms with Crippen LogP contribution in [0.1, 0.15) is 50.9 Å². The summed E-state index contributed by atoms with van der Waals surface area (Å²) in [5, 5.41) is 19.3. The van der Waals surface area contributed by atoms with Crippen LogP contribution >= 0.6 is 0 Å². The zero-order valence-corrected chi connectivity index (χ0v) is 26.5. The van der Waals surface area contributed by atoms with Gasteiger partial charge in [0.2, 0.25) is 11.8 Å². The SMILES string of the molecule is C[C@@H]1CN(CC(=O)N2CC(C)(C)c3ncc(Cc4ccc(F)cc4)cc32)[C@@H](CN2CC3(COC3)CC2=O)CN1.C[C@H](O)C(=O)O. The Kier molecular flexibility index (Phi) is 9.60. The predicted octanol–water partition coefficient (Wildman–Crippen LogP) is 1.80. The highest BCUT2D eigenvalue weighted by Crippen LogP contribution is 2.40. The minimum atomic E-state index is -1.23. The molecule has 2 aromatic rings. The number of piperazine rings is 1. The molecule has 1 aromatic heterocycles. The molecule has 0 bridgehead atoms. The van der Waals surface area contributed by atoms with E-state index in [1.54, 1.807) is 12.1 Å². The Hall–Kier alpha value is -3.45. The number of fused-ring (bicyclic) bond motifs is 1. The lowest BCUT2D eigenvalue weighted by molar-refractivity contribution is -0.145. The molecule has 3 saturated heterocycles. The van der Waals surface area contributed by atoms with Crippen molar-refractivity contribution in [3.8, 4) is 0 Å². The van der Waals surface area contributed by atoms with Crippen LogP contribution in [0.5, 0.6) is 0 Å². The number of likely N-dealkylation sites (tertiary alicyclic amines) is 1. The van der Waals surface area contributed by atoms with Gasteiger partial charge in [-0.05, 0) is 49.6 Å². The highest BCUT2D eigenvalue weighted by Gasteiger charge is 2.49. The molecule has 0 aliphatic carbocycles. The molecule has 5 heterocycles. The van der Waals surface area contributed by atoms with E-state index in [0.717, 1.165) is 42.1 Å². The number of hydrogen-bond donors (Lipinski definition) is 3. The number of pyridine rings is 1. The Balaban J connectivity index is 0.000000609. The molecule has 3 atom stereocenters. The number of ether oxygens (including phenoxy) is 1. The third-order valence-electron chi connectivity index (χ3n) is 9.11. The van der Waals surface area contributed by atoms with Gasteiger partial charge in [-0.15, -0.1) is 0 Å². The number of carbonyl (C=O) groups is 3. The van der Waals surface area contributed by atoms with Gasteiger partial charge in [0.1, 0.15) is 11.9 Å². The van der Waals surface area contributed by atoms with Crippen molar-refractivity contribution < 1.29 is 33.7 Å². The summed E-state index contributed by atoms with van der Waals surface area (Å²) in [6, 6.07) is 8.91. The molecule has 1 spiro atoms. The summed E-state index contributed by atoms with van der Waals surface area (Å²) in [5.74, 6) is -1.19. The quantitative estimate of drug-likeness (QED) is 0.421. The van der Waals surface area contributed by atoms with Crippen LogP contribution in [0, 0.1) is 11.2 Å². The van der Waals surface area contributed by atoms with Crippen molar-refractivity contribution in [2.75, 3.05) is 57.4 Å². The van der Waals surface area contributed by atoms with E-state index in [1.807, 2.05) is 16.0 Å². The van der Waals surface area contributed by atoms with Crippen molar-refractivity contribution in [2.24, 2.45) is 5.41 Å². The first-order valence-electron chi connectivity index (χ1n) is 15.5. The maximum absolute atomic E-state index is 13.9. The second-order valence-electron chi connectivity index (χ2n) is 13.7. The van der Waals surface area contributed by atoms with Crippen molar-refractivity contribution in [2.45, 2.75) is 64.1 Å². The van der Waals surface area contributed by atoms with Gasteiger partial charge in [0.05, 0.1) is 31.1 Å². The molecule has 2 amide bonds. The fourth-order valence-electron chi connectivity index (χ4n) is 6.59. The van der Waals surface area contributed by atoms with Crippen molar-refractivity contribution in [3.63, 3.8) is 0 Å². The predicted molar refractivity (Wildman–Crippen MR) is 165 cm³/mol. The fourth-order valence-corrected chi connectivity index (χ4v) is 6.59. The van der Waals surface area contributed by atoms with Crippen molar-refractivity contribution in [1.29, 1.82) is 0 Å². The normalized spacial score (nSPS) is 24.1. The molecule has 0 radical (unpaired) electrons. The first-order valence-corrected chi connectivity index (χ1v) is 15.5. The number of carboxylic acids is 1. The monoisotopic (exact) mass is 625 g/mol. The zero-order chi connectivity index (χ0) is 32.5. The molecule has 12 heteroatoms. The topological polar surface area (TPSA) is 136 Å². The van der Waals surface area contributed by atoms with Crippen LogP contribution in [-0.4, -0.2) is 113 Å². The molecule has 45 heavy (non-hydrogen) atoms. The van der Waals surface area contributed by atoms with Crippen LogP contribution in [0.2, 0.25) is 0 Å². The molecule has 11 nitrogen and oxygen atoms in total. The van der Waals surface area contributed by atoms with Gasteiger partial charge in [0.25, 0.3) is 0 Å². The number of amides is 2. The summed E-state index contributed by atoms with van der Waals surface area (Å²) in [4.78, 5) is 47.0. The summed E-state index contributed by atoms with van der Waals surface area (Å²) in [6.45, 7) is 12.6. The van der Waals surface area contributed by atoms with Crippen LogP contribution in [0.25, 0.3) is 0 Å². The van der Waals surface area contributed by atoms with E-state index < -0.39 is 12.1 Å². The Labute approximate surface area is 263 Å². The number of aliphatic hydroxyl groups excluding tert-OH is 1. The smallest absolute Gasteiger partial charge is 0.332 e. The minimum absolute atomic E-state index is 0.00339. The lowest BCUT2D eigenvalue weighted by atomic mass is 9.85. The van der Waals surface area contributed by atoms with E-state index in [4.69, 9.17) is 19.9 Å². The number of benzene rings is 1. The van der Waals surface area contributed by atoms with Crippen molar-refractivity contribution in [3.05, 3.63) is 59.2 Å². The third kappa shape index (κ3) is 7.51. The molecule has 3 fully saturated rings. The Morgan fingerprint density at radius 1 is 1.18 bits per heavy atom. The number of halogens is 1. The Morgan fingerprint density at radius 2 is 1.87 bits per heavy atom. The van der Waals surface area contributed by atoms with Gasteiger partial charge in [0.15, 0.2) is 0 Å². The number of anilines is 1. The van der Waals surface area contributed by atoms with Gasteiger partial charge in [-0.25, -0.2) is 9.18 Å². The first kappa shape index (κ1) is 32.9. The van der Waals surface area contributed by atoms with Gasteiger partial charge >= 0.3 is 5.97 Å². The number of nitrogens with zero attached hydrogens (tertiary/aromatic N) is 4. The number of nitrogens with one attached hydrogen (secondary N) is 1. The molecule has 4 aliphatic heterocycles. The van der Waals surface area contributed by atoms with E-state index in [2.05, 4.69) is 37.1 Å². The molecule has 0 unspecified atom stereocenters. The average molecular weight is 626 g/mol. The van der Waals surface area contributed by atoms with Gasteiger partial charge in [-0.3, -0.25) is 19.5 Å². The van der Waals surface area contributed by atoms with Gasteiger partial charge in [-0.1, -0.05) is 26.0 Å². The number of carbonyl (C=O) groups excluding carboxylic acids is 2. The van der Waals surface area contributed by atoms with E-state index in [0.29, 0.717) is 45.7 Å².